The number of rotatable bonds is 5. The van der Waals surface area contributed by atoms with E-state index in [2.05, 4.69) is 5.32 Å². The van der Waals surface area contributed by atoms with Crippen LogP contribution in [0.2, 0.25) is 10.0 Å². The van der Waals surface area contributed by atoms with Crippen LogP contribution >= 0.6 is 23.2 Å². The Bertz CT molecular complexity index is 1110. The molecule has 0 radical (unpaired) electrons. The largest absolute Gasteiger partial charge is 0.493 e. The number of ether oxygens (including phenoxy) is 1. The molecule has 0 aliphatic rings. The van der Waals surface area contributed by atoms with Crippen molar-refractivity contribution in [2.45, 2.75) is 34.6 Å². The van der Waals surface area contributed by atoms with Crippen molar-refractivity contribution < 1.29 is 13.9 Å². The van der Waals surface area contributed by atoms with Crippen LogP contribution in [0.15, 0.2) is 34.8 Å². The van der Waals surface area contributed by atoms with Crippen molar-refractivity contribution in [1.29, 1.82) is 0 Å². The fourth-order valence-corrected chi connectivity index (χ4v) is 3.84. The predicted octanol–water partition coefficient (Wildman–Crippen LogP) is 7.11. The number of amides is 1. The van der Waals surface area contributed by atoms with Gasteiger partial charge in [-0.25, -0.2) is 0 Å². The standard InChI is InChI=1S/C23H23Cl2NO3/c1-6-28-22-14(4)23-20(13(3)15(5)29-23)11-19(22)12(2)7-21(27)26-18-9-16(24)8-17(25)10-18/h7-11H,6H2,1-5H3,(H,26,27)/b12-7+. The van der Waals surface area contributed by atoms with Crippen LogP contribution in [0.25, 0.3) is 16.5 Å². The van der Waals surface area contributed by atoms with E-state index in [9.17, 15) is 4.79 Å². The lowest BCUT2D eigenvalue weighted by Crippen LogP contribution is -2.09. The van der Waals surface area contributed by atoms with Gasteiger partial charge in [0, 0.05) is 38.3 Å². The second-order valence-electron chi connectivity index (χ2n) is 6.95. The molecule has 0 atom stereocenters. The first-order valence-electron chi connectivity index (χ1n) is 9.33. The number of allylic oxidation sites excluding steroid dienone is 1. The van der Waals surface area contributed by atoms with Crippen LogP contribution in [0.3, 0.4) is 0 Å². The number of carbonyl (C=O) groups excluding carboxylic acids is 1. The van der Waals surface area contributed by atoms with Crippen LogP contribution in [-0.2, 0) is 4.79 Å². The van der Waals surface area contributed by atoms with Crippen LogP contribution in [0, 0.1) is 20.8 Å². The average molecular weight is 432 g/mol. The number of hydrogen-bond acceptors (Lipinski definition) is 3. The Morgan fingerprint density at radius 1 is 1.10 bits per heavy atom. The summed E-state index contributed by atoms with van der Waals surface area (Å²) >= 11 is 12.0. The minimum atomic E-state index is -0.277. The lowest BCUT2D eigenvalue weighted by atomic mass is 9.98. The molecule has 0 spiro atoms. The Hall–Kier alpha value is -2.43. The zero-order chi connectivity index (χ0) is 21.3. The highest BCUT2D eigenvalue weighted by Gasteiger charge is 2.19. The molecule has 0 saturated carbocycles. The summed E-state index contributed by atoms with van der Waals surface area (Å²) in [5.41, 5.74) is 5.00. The van der Waals surface area contributed by atoms with Gasteiger partial charge in [0.15, 0.2) is 0 Å². The molecule has 1 N–H and O–H groups in total. The zero-order valence-corrected chi connectivity index (χ0v) is 18.6. The summed E-state index contributed by atoms with van der Waals surface area (Å²) in [4.78, 5) is 12.6. The Balaban J connectivity index is 2.02. The van der Waals surface area contributed by atoms with E-state index in [0.717, 1.165) is 44.7 Å². The summed E-state index contributed by atoms with van der Waals surface area (Å²) < 4.78 is 11.8. The van der Waals surface area contributed by atoms with E-state index in [1.165, 1.54) is 0 Å². The van der Waals surface area contributed by atoms with Crippen LogP contribution in [0.5, 0.6) is 5.75 Å². The van der Waals surface area contributed by atoms with Gasteiger partial charge in [0.25, 0.3) is 0 Å². The van der Waals surface area contributed by atoms with Gasteiger partial charge in [-0.15, -0.1) is 0 Å². The van der Waals surface area contributed by atoms with Crippen LogP contribution < -0.4 is 10.1 Å². The van der Waals surface area contributed by atoms with Crippen molar-refractivity contribution in [2.75, 3.05) is 11.9 Å². The van der Waals surface area contributed by atoms with Crippen molar-refractivity contribution in [3.8, 4) is 5.75 Å². The number of nitrogens with one attached hydrogen (secondary N) is 1. The Morgan fingerprint density at radius 3 is 2.38 bits per heavy atom. The van der Waals surface area contributed by atoms with Crippen molar-refractivity contribution >= 4 is 51.3 Å². The Morgan fingerprint density at radius 2 is 1.76 bits per heavy atom. The van der Waals surface area contributed by atoms with Gasteiger partial charge < -0.3 is 14.5 Å². The number of aryl methyl sites for hydroxylation is 3. The third-order valence-corrected chi connectivity index (χ3v) is 5.27. The maximum absolute atomic E-state index is 12.6. The van der Waals surface area contributed by atoms with E-state index < -0.39 is 0 Å². The van der Waals surface area contributed by atoms with Gasteiger partial charge in [-0.1, -0.05) is 23.2 Å². The molecule has 0 unspecified atom stereocenters. The molecule has 1 heterocycles. The number of hydrogen-bond donors (Lipinski definition) is 1. The number of anilines is 1. The van der Waals surface area contributed by atoms with E-state index in [1.807, 2.05) is 40.7 Å². The molecule has 152 valence electrons. The third kappa shape index (κ3) is 4.44. The van der Waals surface area contributed by atoms with Gasteiger partial charge in [0.1, 0.15) is 17.1 Å². The van der Waals surface area contributed by atoms with Gasteiger partial charge >= 0.3 is 0 Å². The van der Waals surface area contributed by atoms with E-state index in [1.54, 1.807) is 24.3 Å². The quantitative estimate of drug-likeness (QED) is 0.437. The lowest BCUT2D eigenvalue weighted by molar-refractivity contribution is -0.111. The summed E-state index contributed by atoms with van der Waals surface area (Å²) in [5, 5.41) is 4.74. The summed E-state index contributed by atoms with van der Waals surface area (Å²) in [5.74, 6) is 1.32. The molecule has 29 heavy (non-hydrogen) atoms. The molecule has 4 nitrogen and oxygen atoms in total. The molecule has 0 saturated heterocycles. The maximum Gasteiger partial charge on any atom is 0.248 e. The Labute approximate surface area is 180 Å². The first-order valence-corrected chi connectivity index (χ1v) is 10.1. The second-order valence-corrected chi connectivity index (χ2v) is 7.82. The molecule has 3 rings (SSSR count). The van der Waals surface area contributed by atoms with Crippen LogP contribution in [0.4, 0.5) is 5.69 Å². The molecule has 6 heteroatoms. The predicted molar refractivity (Wildman–Crippen MR) is 120 cm³/mol. The number of carbonyl (C=O) groups is 1. The highest BCUT2D eigenvalue weighted by atomic mass is 35.5. The SMILES string of the molecule is CCOc1c(/C(C)=C/C(=O)Nc2cc(Cl)cc(Cl)c2)cc2c(C)c(C)oc2c1C. The first-order chi connectivity index (χ1) is 13.7. The van der Waals surface area contributed by atoms with Gasteiger partial charge in [-0.3, -0.25) is 4.79 Å². The summed E-state index contributed by atoms with van der Waals surface area (Å²) in [6.45, 7) is 10.3. The summed E-state index contributed by atoms with van der Waals surface area (Å²) in [7, 11) is 0. The number of benzene rings is 2. The zero-order valence-electron chi connectivity index (χ0n) is 17.1. The van der Waals surface area contributed by atoms with Gasteiger partial charge in [0.05, 0.1) is 6.61 Å². The monoisotopic (exact) mass is 431 g/mol. The van der Waals surface area contributed by atoms with E-state index in [-0.39, 0.29) is 5.91 Å². The second kappa shape index (κ2) is 8.52. The fraction of sp³-hybridized carbons (Fsp3) is 0.261. The van der Waals surface area contributed by atoms with Crippen LogP contribution in [0.1, 0.15) is 36.3 Å². The molecule has 0 aliphatic carbocycles. The van der Waals surface area contributed by atoms with Gasteiger partial charge in [-0.2, -0.15) is 0 Å². The van der Waals surface area contributed by atoms with Gasteiger partial charge in [0.2, 0.25) is 5.91 Å². The van der Waals surface area contributed by atoms with Crippen molar-refractivity contribution in [2.24, 2.45) is 0 Å². The molecular weight excluding hydrogens is 409 g/mol. The third-order valence-electron chi connectivity index (χ3n) is 4.84. The van der Waals surface area contributed by atoms with E-state index in [4.69, 9.17) is 32.4 Å². The molecule has 0 aliphatic heterocycles. The normalized spacial score (nSPS) is 11.8. The van der Waals surface area contributed by atoms with Gasteiger partial charge in [-0.05, 0) is 70.0 Å². The van der Waals surface area contributed by atoms with E-state index in [0.29, 0.717) is 22.3 Å². The summed E-state index contributed by atoms with van der Waals surface area (Å²) in [6, 6.07) is 6.93. The maximum atomic E-state index is 12.6. The van der Waals surface area contributed by atoms with E-state index >= 15 is 0 Å². The van der Waals surface area contributed by atoms with Crippen molar-refractivity contribution in [3.63, 3.8) is 0 Å². The van der Waals surface area contributed by atoms with Crippen molar-refractivity contribution in [1.82, 2.24) is 0 Å². The lowest BCUT2D eigenvalue weighted by Gasteiger charge is -2.14. The highest BCUT2D eigenvalue weighted by Crippen LogP contribution is 2.39. The smallest absolute Gasteiger partial charge is 0.248 e. The average Bonchev–Trinajstić information content (AvgIpc) is 2.91. The first kappa shape index (κ1) is 21.3. The molecule has 1 aromatic heterocycles. The molecule has 0 fully saturated rings. The molecule has 0 bridgehead atoms. The Kier molecular flexibility index (Phi) is 6.25. The minimum Gasteiger partial charge on any atom is -0.493 e. The van der Waals surface area contributed by atoms with Crippen molar-refractivity contribution in [3.05, 3.63) is 62.8 Å². The number of halogens is 2. The minimum absolute atomic E-state index is 0.277. The molecule has 3 aromatic rings. The number of furan rings is 1. The summed E-state index contributed by atoms with van der Waals surface area (Å²) in [6.07, 6.45) is 1.54. The van der Waals surface area contributed by atoms with Crippen LogP contribution in [-0.4, -0.2) is 12.5 Å². The number of fused-ring (bicyclic) bond motifs is 1. The highest BCUT2D eigenvalue weighted by molar-refractivity contribution is 6.35. The topological polar surface area (TPSA) is 51.5 Å². The molecule has 2 aromatic carbocycles. The molecule has 1 amide bonds. The fourth-order valence-electron chi connectivity index (χ4n) is 3.31. The molecular formula is C23H23Cl2NO3.